The third-order valence-electron chi connectivity index (χ3n) is 16.3. The van der Waals surface area contributed by atoms with E-state index in [1.807, 2.05) is 0 Å². The largest absolute Gasteiger partial charge is 0.456 e. The molecule has 0 fully saturated rings. The van der Waals surface area contributed by atoms with Gasteiger partial charge < -0.3 is 9.32 Å². The van der Waals surface area contributed by atoms with Crippen LogP contribution in [0.5, 0.6) is 0 Å². The molecular weight excluding hydrogens is 847 g/mol. The second-order valence-corrected chi connectivity index (χ2v) is 19.4. The lowest BCUT2D eigenvalue weighted by Gasteiger charge is -2.32. The predicted octanol–water partition coefficient (Wildman–Crippen LogP) is 17.4. The van der Waals surface area contributed by atoms with Gasteiger partial charge in [0.15, 0.2) is 0 Å². The Labute approximate surface area is 406 Å². The number of benzene rings is 11. The number of fused-ring (bicyclic) bond motifs is 23. The molecule has 11 aromatic carbocycles. The van der Waals surface area contributed by atoms with E-state index in [4.69, 9.17) is 4.42 Å². The first kappa shape index (κ1) is 38.0. The van der Waals surface area contributed by atoms with Crippen LogP contribution in [0.4, 0.5) is 17.1 Å². The molecule has 0 atom stereocenters. The van der Waals surface area contributed by atoms with E-state index in [0.29, 0.717) is 0 Å². The van der Waals surface area contributed by atoms with Crippen LogP contribution in [-0.4, -0.2) is 0 Å². The van der Waals surface area contributed by atoms with Gasteiger partial charge in [0.25, 0.3) is 0 Å². The molecule has 2 spiro atoms. The molecule has 2 heteroatoms. The van der Waals surface area contributed by atoms with E-state index in [0.717, 1.165) is 39.0 Å². The summed E-state index contributed by atoms with van der Waals surface area (Å²) in [7, 11) is 0. The van der Waals surface area contributed by atoms with Crippen molar-refractivity contribution >= 4 is 39.0 Å². The molecule has 324 valence electrons. The van der Waals surface area contributed by atoms with Crippen LogP contribution in [0.25, 0.3) is 77.6 Å². The van der Waals surface area contributed by atoms with Crippen LogP contribution < -0.4 is 4.90 Å². The van der Waals surface area contributed by atoms with Crippen molar-refractivity contribution in [2.45, 2.75) is 10.8 Å². The van der Waals surface area contributed by atoms with Crippen molar-refractivity contribution < 1.29 is 4.42 Å². The van der Waals surface area contributed by atoms with Gasteiger partial charge in [-0.05, 0) is 149 Å². The fourth-order valence-electron chi connectivity index (χ4n) is 13.7. The fourth-order valence-corrected chi connectivity index (χ4v) is 13.7. The normalized spacial score (nSPS) is 14.2. The lowest BCUT2D eigenvalue weighted by atomic mass is 9.70. The maximum Gasteiger partial charge on any atom is 0.137 e. The molecule has 0 aliphatic heterocycles. The van der Waals surface area contributed by atoms with E-state index in [1.54, 1.807) is 0 Å². The van der Waals surface area contributed by atoms with Gasteiger partial charge in [0, 0.05) is 16.8 Å². The van der Waals surface area contributed by atoms with Gasteiger partial charge in [-0.25, -0.2) is 0 Å². The molecule has 1 heterocycles. The number of rotatable bonds is 4. The molecule has 0 unspecified atom stereocenters. The summed E-state index contributed by atoms with van der Waals surface area (Å²) in [5, 5.41) is 2.19. The van der Waals surface area contributed by atoms with E-state index in [2.05, 4.69) is 254 Å². The Morgan fingerprint density at radius 2 is 0.657 bits per heavy atom. The van der Waals surface area contributed by atoms with E-state index < -0.39 is 10.8 Å². The van der Waals surface area contributed by atoms with Gasteiger partial charge in [-0.3, -0.25) is 0 Å². The Morgan fingerprint density at radius 3 is 1.17 bits per heavy atom. The number of hydrogen-bond acceptors (Lipinski definition) is 2. The molecule has 0 bridgehead atoms. The number of anilines is 3. The minimum atomic E-state index is -0.468. The lowest BCUT2D eigenvalue weighted by Crippen LogP contribution is -2.26. The van der Waals surface area contributed by atoms with Crippen molar-refractivity contribution in [3.63, 3.8) is 0 Å². The van der Waals surface area contributed by atoms with Crippen LogP contribution in [-0.2, 0) is 10.8 Å². The Hall–Kier alpha value is -8.98. The van der Waals surface area contributed by atoms with Gasteiger partial charge in [-0.1, -0.05) is 200 Å². The van der Waals surface area contributed by atoms with Gasteiger partial charge in [0.05, 0.1) is 21.9 Å². The average Bonchev–Trinajstić information content (AvgIpc) is 4.20. The van der Waals surface area contributed by atoms with Crippen molar-refractivity contribution in [1.29, 1.82) is 0 Å². The molecule has 0 saturated heterocycles. The molecule has 0 saturated carbocycles. The average molecular weight is 888 g/mol. The molecule has 16 rings (SSSR count). The molecule has 4 aliphatic rings. The zero-order valence-corrected chi connectivity index (χ0v) is 38.0. The Bertz CT molecular complexity index is 4080. The number of para-hydroxylation sites is 1. The fraction of sp³-hybridized carbons (Fsp3) is 0.0294. The highest BCUT2D eigenvalue weighted by Gasteiger charge is 2.53. The third kappa shape index (κ3) is 4.68. The standard InChI is InChI=1S/C68H41NO/c1-8-23-55-46(16-1)47-17-2-9-24-56(47)67(55)59-27-12-5-20-50(59)52-38-34-43(40-61(52)67)42-32-35-44(36-33-42)69(63-29-15-31-65-66(63)54-22-7-14-30-64(54)70-65)45-37-39-53-51-21-6-13-28-60(51)68(62(53)41-45)57-25-10-3-18-48(57)49-19-4-11-26-58(49)68/h1-41H. The Kier molecular flexibility index (Phi) is 7.51. The van der Waals surface area contributed by atoms with Crippen LogP contribution in [0.3, 0.4) is 0 Å². The SMILES string of the molecule is c1ccc2c(c1)-c1ccccc1C21c2ccccc2-c2ccc(-c3ccc(N(c4ccc5c(c4)C4(c6ccccc6-c6ccccc64)c4ccccc4-5)c4cccc5oc6ccccc6c45)cc3)cc21. The summed E-state index contributed by atoms with van der Waals surface area (Å²) < 4.78 is 6.58. The second-order valence-electron chi connectivity index (χ2n) is 19.4. The van der Waals surface area contributed by atoms with E-state index in [1.165, 1.54) is 100 Å². The monoisotopic (exact) mass is 887 g/mol. The minimum absolute atomic E-state index is 0.400. The molecule has 70 heavy (non-hydrogen) atoms. The van der Waals surface area contributed by atoms with Gasteiger partial charge in [-0.2, -0.15) is 0 Å². The third-order valence-corrected chi connectivity index (χ3v) is 16.3. The van der Waals surface area contributed by atoms with E-state index in [9.17, 15) is 0 Å². The van der Waals surface area contributed by atoms with E-state index in [-0.39, 0.29) is 0 Å². The summed E-state index contributed by atoms with van der Waals surface area (Å²) in [6, 6.07) is 92.8. The first-order valence-electron chi connectivity index (χ1n) is 24.4. The molecule has 0 N–H and O–H groups in total. The highest BCUT2D eigenvalue weighted by molar-refractivity contribution is 6.13. The first-order chi connectivity index (χ1) is 34.7. The Balaban J connectivity index is 0.898. The van der Waals surface area contributed by atoms with Crippen molar-refractivity contribution in [2.24, 2.45) is 0 Å². The number of hydrogen-bond donors (Lipinski definition) is 0. The van der Waals surface area contributed by atoms with Crippen molar-refractivity contribution in [1.82, 2.24) is 0 Å². The van der Waals surface area contributed by atoms with E-state index >= 15 is 0 Å². The molecule has 1 aromatic heterocycles. The summed E-state index contributed by atoms with van der Waals surface area (Å²) in [5.41, 5.74) is 27.6. The first-order valence-corrected chi connectivity index (χ1v) is 24.4. The lowest BCUT2D eigenvalue weighted by molar-refractivity contribution is 0.669. The van der Waals surface area contributed by atoms with Crippen LogP contribution in [0.1, 0.15) is 44.5 Å². The summed E-state index contributed by atoms with van der Waals surface area (Å²) >= 11 is 0. The van der Waals surface area contributed by atoms with Crippen LogP contribution in [0.15, 0.2) is 253 Å². The number of furan rings is 1. The zero-order chi connectivity index (χ0) is 45.7. The van der Waals surface area contributed by atoms with Crippen molar-refractivity contribution in [2.75, 3.05) is 4.90 Å². The predicted molar refractivity (Wildman–Crippen MR) is 286 cm³/mol. The number of nitrogens with zero attached hydrogens (tertiary/aromatic N) is 1. The Morgan fingerprint density at radius 1 is 0.271 bits per heavy atom. The van der Waals surface area contributed by atoms with Gasteiger partial charge in [0.1, 0.15) is 11.2 Å². The molecule has 12 aromatic rings. The maximum absolute atomic E-state index is 6.58. The van der Waals surface area contributed by atoms with Crippen LogP contribution >= 0.6 is 0 Å². The maximum atomic E-state index is 6.58. The van der Waals surface area contributed by atoms with Crippen molar-refractivity contribution in [3.05, 3.63) is 293 Å². The molecule has 4 aliphatic carbocycles. The van der Waals surface area contributed by atoms with Gasteiger partial charge >= 0.3 is 0 Å². The smallest absolute Gasteiger partial charge is 0.137 e. The summed E-state index contributed by atoms with van der Waals surface area (Å²) in [6.07, 6.45) is 0. The van der Waals surface area contributed by atoms with Crippen LogP contribution in [0, 0.1) is 0 Å². The zero-order valence-electron chi connectivity index (χ0n) is 38.0. The second kappa shape index (κ2) is 13.8. The summed E-state index contributed by atoms with van der Waals surface area (Å²) in [6.45, 7) is 0. The molecule has 0 amide bonds. The van der Waals surface area contributed by atoms with Gasteiger partial charge in [0.2, 0.25) is 0 Å². The molecular formula is C68H41NO. The summed E-state index contributed by atoms with van der Waals surface area (Å²) in [4.78, 5) is 2.46. The highest BCUT2D eigenvalue weighted by Crippen LogP contribution is 2.65. The van der Waals surface area contributed by atoms with Crippen LogP contribution in [0.2, 0.25) is 0 Å². The molecule has 0 radical (unpaired) electrons. The molecule has 2 nitrogen and oxygen atoms in total. The minimum Gasteiger partial charge on any atom is -0.456 e. The highest BCUT2D eigenvalue weighted by atomic mass is 16.3. The summed E-state index contributed by atoms with van der Waals surface area (Å²) in [5.74, 6) is 0. The quantitative estimate of drug-likeness (QED) is 0.175. The van der Waals surface area contributed by atoms with Crippen molar-refractivity contribution in [3.8, 4) is 55.6 Å². The van der Waals surface area contributed by atoms with Gasteiger partial charge in [-0.15, -0.1) is 0 Å². The topological polar surface area (TPSA) is 16.4 Å².